The van der Waals surface area contributed by atoms with Crippen molar-refractivity contribution in [3.05, 3.63) is 64.4 Å². The van der Waals surface area contributed by atoms with Crippen LogP contribution in [0.4, 0.5) is 27.9 Å². The zero-order chi connectivity index (χ0) is 20.8. The van der Waals surface area contributed by atoms with Gasteiger partial charge in [0.15, 0.2) is 0 Å². The van der Waals surface area contributed by atoms with Crippen LogP contribution in [0, 0.1) is 5.82 Å². The third-order valence-corrected chi connectivity index (χ3v) is 4.79. The van der Waals surface area contributed by atoms with Crippen molar-refractivity contribution < 1.29 is 9.13 Å². The molecule has 2 heterocycles. The number of nitrogens with zero attached hydrogens (tertiary/aromatic N) is 5. The molecule has 154 valence electrons. The molecule has 2 N–H and O–H groups in total. The third kappa shape index (κ3) is 5.49. The third-order valence-electron chi connectivity index (χ3n) is 4.27. The number of hydrogen-bond acceptors (Lipinski definition) is 8. The summed E-state index contributed by atoms with van der Waals surface area (Å²) in [5.41, 5.74) is 4.46. The van der Waals surface area contributed by atoms with Crippen molar-refractivity contribution in [3.63, 3.8) is 0 Å². The average Bonchev–Trinajstić information content (AvgIpc) is 2.77. The molecule has 0 saturated carbocycles. The van der Waals surface area contributed by atoms with E-state index in [1.807, 2.05) is 29.2 Å². The van der Waals surface area contributed by atoms with Gasteiger partial charge in [-0.3, -0.25) is 0 Å². The maximum absolute atomic E-state index is 13.2. The molecule has 1 aliphatic rings. The van der Waals surface area contributed by atoms with E-state index in [2.05, 4.69) is 46.7 Å². The first kappa shape index (κ1) is 20.2. The molecule has 0 bridgehead atoms. The molecular formula is C20H19BrFN7O. The predicted octanol–water partition coefficient (Wildman–Crippen LogP) is 3.80. The van der Waals surface area contributed by atoms with Crippen molar-refractivity contribution >= 4 is 45.7 Å². The second-order valence-electron chi connectivity index (χ2n) is 6.44. The van der Waals surface area contributed by atoms with E-state index >= 15 is 0 Å². The van der Waals surface area contributed by atoms with Gasteiger partial charge in [0.1, 0.15) is 5.82 Å². The molecule has 3 aromatic rings. The highest BCUT2D eigenvalue weighted by Gasteiger charge is 2.16. The van der Waals surface area contributed by atoms with Gasteiger partial charge in [-0.1, -0.05) is 28.1 Å². The molecule has 1 aromatic heterocycles. The maximum atomic E-state index is 13.2. The molecule has 30 heavy (non-hydrogen) atoms. The molecule has 4 rings (SSSR count). The molecule has 8 nitrogen and oxygen atoms in total. The Balaban J connectivity index is 1.55. The fourth-order valence-electron chi connectivity index (χ4n) is 2.75. The minimum atomic E-state index is -0.310. The summed E-state index contributed by atoms with van der Waals surface area (Å²) in [6, 6.07) is 13.7. The smallest absolute Gasteiger partial charge is 0.250 e. The van der Waals surface area contributed by atoms with Gasteiger partial charge in [0.05, 0.1) is 19.4 Å². The topological polar surface area (TPSA) is 87.6 Å². The molecule has 1 saturated heterocycles. The maximum Gasteiger partial charge on any atom is 0.250 e. The van der Waals surface area contributed by atoms with E-state index in [-0.39, 0.29) is 5.82 Å². The van der Waals surface area contributed by atoms with E-state index in [1.54, 1.807) is 18.3 Å². The number of ether oxygens (including phenoxy) is 1. The van der Waals surface area contributed by atoms with Gasteiger partial charge in [0, 0.05) is 23.2 Å². The van der Waals surface area contributed by atoms with E-state index in [9.17, 15) is 4.39 Å². The predicted molar refractivity (Wildman–Crippen MR) is 118 cm³/mol. The van der Waals surface area contributed by atoms with E-state index < -0.39 is 0 Å². The van der Waals surface area contributed by atoms with E-state index in [1.165, 1.54) is 12.1 Å². The minimum absolute atomic E-state index is 0.296. The summed E-state index contributed by atoms with van der Waals surface area (Å²) in [5.74, 6) is 0.831. The number of hydrazone groups is 1. The van der Waals surface area contributed by atoms with E-state index in [0.717, 1.165) is 10.0 Å². The number of nitrogens with one attached hydrogen (secondary N) is 2. The first-order valence-corrected chi connectivity index (χ1v) is 10.1. The highest BCUT2D eigenvalue weighted by Crippen LogP contribution is 2.19. The largest absolute Gasteiger partial charge is 0.378 e. The van der Waals surface area contributed by atoms with Crippen molar-refractivity contribution in [2.75, 3.05) is 41.9 Å². The van der Waals surface area contributed by atoms with E-state index in [4.69, 9.17) is 4.74 Å². The number of benzene rings is 2. The Morgan fingerprint density at radius 2 is 1.67 bits per heavy atom. The molecule has 0 atom stereocenters. The monoisotopic (exact) mass is 471 g/mol. The van der Waals surface area contributed by atoms with Crippen LogP contribution < -0.4 is 15.6 Å². The van der Waals surface area contributed by atoms with Crippen LogP contribution in [0.3, 0.4) is 0 Å². The average molecular weight is 472 g/mol. The lowest BCUT2D eigenvalue weighted by atomic mass is 10.2. The Morgan fingerprint density at radius 1 is 0.967 bits per heavy atom. The number of anilines is 4. The van der Waals surface area contributed by atoms with Crippen LogP contribution in [-0.4, -0.2) is 47.5 Å². The van der Waals surface area contributed by atoms with Crippen LogP contribution in [0.25, 0.3) is 0 Å². The normalized spacial score (nSPS) is 14.1. The standard InChI is InChI=1S/C20H19BrFN7O/c21-15-3-1-14(2-4-15)13-23-28-19-25-18(24-17-7-5-16(22)6-8-17)26-20(27-19)29-9-11-30-12-10-29/h1-8,13H,9-12H2,(H2,24,25,26,27,28)/b23-13-. The summed E-state index contributed by atoms with van der Waals surface area (Å²) in [7, 11) is 0. The zero-order valence-electron chi connectivity index (χ0n) is 15.9. The fourth-order valence-corrected chi connectivity index (χ4v) is 3.02. The molecular weight excluding hydrogens is 453 g/mol. The summed E-state index contributed by atoms with van der Waals surface area (Å²) < 4.78 is 19.6. The Labute approximate surface area is 181 Å². The fraction of sp³-hybridized carbons (Fsp3) is 0.200. The lowest BCUT2D eigenvalue weighted by Crippen LogP contribution is -2.37. The number of hydrogen-bond donors (Lipinski definition) is 2. The SMILES string of the molecule is Fc1ccc(Nc2nc(N/N=C\c3ccc(Br)cc3)nc(N3CCOCC3)n2)cc1. The molecule has 1 aliphatic heterocycles. The summed E-state index contributed by atoms with van der Waals surface area (Å²) in [6.07, 6.45) is 1.68. The van der Waals surface area contributed by atoms with Gasteiger partial charge in [-0.25, -0.2) is 9.82 Å². The van der Waals surface area contributed by atoms with Gasteiger partial charge >= 0.3 is 0 Å². The van der Waals surface area contributed by atoms with Crippen LogP contribution in [0.1, 0.15) is 5.56 Å². The number of rotatable bonds is 6. The summed E-state index contributed by atoms with van der Waals surface area (Å²) in [6.45, 7) is 2.58. The Kier molecular flexibility index (Phi) is 6.45. The van der Waals surface area contributed by atoms with Crippen LogP contribution in [0.5, 0.6) is 0 Å². The first-order chi connectivity index (χ1) is 14.7. The Hall–Kier alpha value is -3.11. The molecule has 2 aromatic carbocycles. The second-order valence-corrected chi connectivity index (χ2v) is 7.35. The van der Waals surface area contributed by atoms with Crippen molar-refractivity contribution in [1.29, 1.82) is 0 Å². The van der Waals surface area contributed by atoms with Crippen LogP contribution in [0.15, 0.2) is 58.1 Å². The number of morpholine rings is 1. The summed E-state index contributed by atoms with van der Waals surface area (Å²) in [4.78, 5) is 15.4. The van der Waals surface area contributed by atoms with Crippen molar-refractivity contribution in [3.8, 4) is 0 Å². The quantitative estimate of drug-likeness (QED) is 0.417. The molecule has 0 radical (unpaired) electrons. The van der Waals surface area contributed by atoms with Gasteiger partial charge in [0.2, 0.25) is 17.8 Å². The molecule has 1 fully saturated rings. The molecule has 0 unspecified atom stereocenters. The minimum Gasteiger partial charge on any atom is -0.378 e. The van der Waals surface area contributed by atoms with Gasteiger partial charge < -0.3 is 15.0 Å². The zero-order valence-corrected chi connectivity index (χ0v) is 17.5. The van der Waals surface area contributed by atoms with Gasteiger partial charge in [0.25, 0.3) is 0 Å². The van der Waals surface area contributed by atoms with Crippen molar-refractivity contribution in [2.45, 2.75) is 0 Å². The lowest BCUT2D eigenvalue weighted by molar-refractivity contribution is 0.122. The number of halogens is 2. The van der Waals surface area contributed by atoms with Crippen molar-refractivity contribution in [2.24, 2.45) is 5.10 Å². The van der Waals surface area contributed by atoms with Crippen LogP contribution >= 0.6 is 15.9 Å². The molecule has 0 amide bonds. The highest BCUT2D eigenvalue weighted by molar-refractivity contribution is 9.10. The van der Waals surface area contributed by atoms with Crippen molar-refractivity contribution in [1.82, 2.24) is 15.0 Å². The van der Waals surface area contributed by atoms with Gasteiger partial charge in [-0.2, -0.15) is 20.1 Å². The molecule has 0 spiro atoms. The second kappa shape index (κ2) is 9.59. The summed E-state index contributed by atoms with van der Waals surface area (Å²) in [5, 5.41) is 7.31. The van der Waals surface area contributed by atoms with Crippen LogP contribution in [0.2, 0.25) is 0 Å². The lowest BCUT2D eigenvalue weighted by Gasteiger charge is -2.27. The molecule has 0 aliphatic carbocycles. The Bertz CT molecular complexity index is 1010. The number of aromatic nitrogens is 3. The highest BCUT2D eigenvalue weighted by atomic mass is 79.9. The first-order valence-electron chi connectivity index (χ1n) is 9.32. The van der Waals surface area contributed by atoms with E-state index in [0.29, 0.717) is 49.8 Å². The van der Waals surface area contributed by atoms with Crippen LogP contribution in [-0.2, 0) is 4.74 Å². The van der Waals surface area contributed by atoms with Gasteiger partial charge in [-0.15, -0.1) is 0 Å². The Morgan fingerprint density at radius 3 is 2.40 bits per heavy atom. The summed E-state index contributed by atoms with van der Waals surface area (Å²) >= 11 is 3.41. The van der Waals surface area contributed by atoms with Gasteiger partial charge in [-0.05, 0) is 42.0 Å². The molecule has 10 heteroatoms.